The summed E-state index contributed by atoms with van der Waals surface area (Å²) in [7, 11) is 2.97. The minimum atomic E-state index is -0.431. The second kappa shape index (κ2) is 5.77. The number of ether oxygens (including phenoxy) is 2. The van der Waals surface area contributed by atoms with Crippen LogP contribution in [0.4, 0.5) is 0 Å². The van der Waals surface area contributed by atoms with Crippen LogP contribution in [0.5, 0.6) is 5.75 Å². The summed E-state index contributed by atoms with van der Waals surface area (Å²) in [6.07, 6.45) is 0. The molecule has 5 heteroatoms. The first-order chi connectivity index (χ1) is 9.56. The molecule has 5 nitrogen and oxygen atoms in total. The number of rotatable bonds is 4. The lowest BCUT2D eigenvalue weighted by Crippen LogP contribution is -2.05. The van der Waals surface area contributed by atoms with E-state index < -0.39 is 5.97 Å². The number of carbonyl (C=O) groups is 1. The standard InChI is InChI=1S/C15H18N2O3/c1-10(2)14-9-13(15(18)20-4)16-17(14)11-5-7-12(19-3)8-6-11/h5-10H,1-4H3. The van der Waals surface area contributed by atoms with Gasteiger partial charge < -0.3 is 9.47 Å². The number of hydrogen-bond acceptors (Lipinski definition) is 4. The van der Waals surface area contributed by atoms with Crippen LogP contribution < -0.4 is 4.74 Å². The molecule has 0 spiro atoms. The van der Waals surface area contributed by atoms with Crippen molar-refractivity contribution in [2.45, 2.75) is 19.8 Å². The highest BCUT2D eigenvalue weighted by Gasteiger charge is 2.17. The summed E-state index contributed by atoms with van der Waals surface area (Å²) in [6, 6.07) is 9.29. The van der Waals surface area contributed by atoms with Crippen molar-refractivity contribution >= 4 is 5.97 Å². The Kier molecular flexibility index (Phi) is 4.08. The smallest absolute Gasteiger partial charge is 0.358 e. The second-order valence-corrected chi connectivity index (χ2v) is 4.71. The minimum absolute atomic E-state index is 0.239. The van der Waals surface area contributed by atoms with Crippen LogP contribution in [0.3, 0.4) is 0 Å². The first-order valence-corrected chi connectivity index (χ1v) is 6.39. The van der Waals surface area contributed by atoms with Gasteiger partial charge in [-0.1, -0.05) is 13.8 Å². The maximum Gasteiger partial charge on any atom is 0.358 e. The van der Waals surface area contributed by atoms with Gasteiger partial charge in [0.05, 0.1) is 19.9 Å². The third-order valence-electron chi connectivity index (χ3n) is 3.04. The van der Waals surface area contributed by atoms with Gasteiger partial charge in [-0.15, -0.1) is 0 Å². The zero-order chi connectivity index (χ0) is 14.7. The Labute approximate surface area is 118 Å². The highest BCUT2D eigenvalue weighted by atomic mass is 16.5. The van der Waals surface area contributed by atoms with E-state index in [0.29, 0.717) is 5.69 Å². The molecular formula is C15H18N2O3. The average molecular weight is 274 g/mol. The molecular weight excluding hydrogens is 256 g/mol. The number of methoxy groups -OCH3 is 2. The van der Waals surface area contributed by atoms with Crippen molar-refractivity contribution in [3.63, 3.8) is 0 Å². The van der Waals surface area contributed by atoms with Gasteiger partial charge in [0.25, 0.3) is 0 Å². The van der Waals surface area contributed by atoms with E-state index in [1.54, 1.807) is 17.9 Å². The number of hydrogen-bond donors (Lipinski definition) is 0. The molecule has 1 heterocycles. The SMILES string of the molecule is COC(=O)c1cc(C(C)C)n(-c2ccc(OC)cc2)n1. The van der Waals surface area contributed by atoms with E-state index in [2.05, 4.69) is 18.9 Å². The fourth-order valence-corrected chi connectivity index (χ4v) is 1.94. The fraction of sp³-hybridized carbons (Fsp3) is 0.333. The summed E-state index contributed by atoms with van der Waals surface area (Å²) >= 11 is 0. The van der Waals surface area contributed by atoms with Crippen molar-refractivity contribution in [3.05, 3.63) is 41.7 Å². The van der Waals surface area contributed by atoms with Crippen LogP contribution in [0.1, 0.15) is 35.9 Å². The minimum Gasteiger partial charge on any atom is -0.497 e. The largest absolute Gasteiger partial charge is 0.497 e. The van der Waals surface area contributed by atoms with E-state index in [1.807, 2.05) is 24.3 Å². The molecule has 0 atom stereocenters. The number of carbonyl (C=O) groups excluding carboxylic acids is 1. The Hall–Kier alpha value is -2.30. The summed E-state index contributed by atoms with van der Waals surface area (Å²) in [5.41, 5.74) is 2.15. The molecule has 0 unspecified atom stereocenters. The third kappa shape index (κ3) is 2.66. The van der Waals surface area contributed by atoms with Crippen molar-refractivity contribution in [2.24, 2.45) is 0 Å². The van der Waals surface area contributed by atoms with E-state index >= 15 is 0 Å². The van der Waals surface area contributed by atoms with Gasteiger partial charge in [-0.2, -0.15) is 5.10 Å². The molecule has 0 aliphatic heterocycles. The molecule has 0 N–H and O–H groups in total. The van der Waals surface area contributed by atoms with Crippen molar-refractivity contribution < 1.29 is 14.3 Å². The van der Waals surface area contributed by atoms with Gasteiger partial charge >= 0.3 is 5.97 Å². The van der Waals surface area contributed by atoms with Crippen LogP contribution in [0.15, 0.2) is 30.3 Å². The molecule has 0 saturated carbocycles. The van der Waals surface area contributed by atoms with Crippen LogP contribution in [-0.4, -0.2) is 30.0 Å². The third-order valence-corrected chi connectivity index (χ3v) is 3.04. The molecule has 20 heavy (non-hydrogen) atoms. The van der Waals surface area contributed by atoms with Crippen molar-refractivity contribution in [3.8, 4) is 11.4 Å². The van der Waals surface area contributed by atoms with Gasteiger partial charge in [0.1, 0.15) is 5.75 Å². The van der Waals surface area contributed by atoms with Crippen molar-refractivity contribution in [1.82, 2.24) is 9.78 Å². The number of esters is 1. The summed E-state index contributed by atoms with van der Waals surface area (Å²) in [5.74, 6) is 0.586. The zero-order valence-corrected chi connectivity index (χ0v) is 12.1. The summed E-state index contributed by atoms with van der Waals surface area (Å²) in [6.45, 7) is 4.11. The number of benzene rings is 1. The molecule has 0 aliphatic carbocycles. The first kappa shape index (κ1) is 14.1. The highest BCUT2D eigenvalue weighted by molar-refractivity contribution is 5.87. The van der Waals surface area contributed by atoms with Gasteiger partial charge in [-0.3, -0.25) is 0 Å². The van der Waals surface area contributed by atoms with Crippen LogP contribution in [0.25, 0.3) is 5.69 Å². The molecule has 0 bridgehead atoms. The Bertz CT molecular complexity index is 600. The fourth-order valence-electron chi connectivity index (χ4n) is 1.94. The lowest BCUT2D eigenvalue weighted by molar-refractivity contribution is 0.0593. The van der Waals surface area contributed by atoms with Crippen LogP contribution >= 0.6 is 0 Å². The van der Waals surface area contributed by atoms with Gasteiger partial charge in [-0.25, -0.2) is 9.48 Å². The van der Waals surface area contributed by atoms with E-state index in [9.17, 15) is 4.79 Å². The summed E-state index contributed by atoms with van der Waals surface area (Å²) in [4.78, 5) is 11.6. The van der Waals surface area contributed by atoms with Crippen LogP contribution in [0, 0.1) is 0 Å². The normalized spacial score (nSPS) is 10.7. The van der Waals surface area contributed by atoms with Crippen LogP contribution in [-0.2, 0) is 4.74 Å². The maximum absolute atomic E-state index is 11.6. The Morgan fingerprint density at radius 3 is 2.35 bits per heavy atom. The Morgan fingerprint density at radius 1 is 1.20 bits per heavy atom. The van der Waals surface area contributed by atoms with Gasteiger partial charge in [0.15, 0.2) is 5.69 Å². The summed E-state index contributed by atoms with van der Waals surface area (Å²) < 4.78 is 11.6. The van der Waals surface area contributed by atoms with Gasteiger partial charge in [0, 0.05) is 5.69 Å². The molecule has 0 saturated heterocycles. The van der Waals surface area contributed by atoms with Gasteiger partial charge in [-0.05, 0) is 36.2 Å². The molecule has 106 valence electrons. The molecule has 1 aromatic heterocycles. The Morgan fingerprint density at radius 2 is 1.85 bits per heavy atom. The molecule has 0 radical (unpaired) electrons. The molecule has 0 amide bonds. The summed E-state index contributed by atoms with van der Waals surface area (Å²) in [5, 5.41) is 4.33. The van der Waals surface area contributed by atoms with E-state index in [-0.39, 0.29) is 5.92 Å². The van der Waals surface area contributed by atoms with E-state index in [4.69, 9.17) is 9.47 Å². The molecule has 0 aliphatic rings. The zero-order valence-electron chi connectivity index (χ0n) is 12.1. The lowest BCUT2D eigenvalue weighted by Gasteiger charge is -2.10. The number of aromatic nitrogens is 2. The topological polar surface area (TPSA) is 53.4 Å². The average Bonchev–Trinajstić information content (AvgIpc) is 2.92. The molecule has 0 fully saturated rings. The quantitative estimate of drug-likeness (QED) is 0.804. The maximum atomic E-state index is 11.6. The monoisotopic (exact) mass is 274 g/mol. The van der Waals surface area contributed by atoms with Gasteiger partial charge in [0.2, 0.25) is 0 Å². The lowest BCUT2D eigenvalue weighted by atomic mass is 10.1. The predicted molar refractivity (Wildman–Crippen MR) is 75.5 cm³/mol. The van der Waals surface area contributed by atoms with Crippen molar-refractivity contribution in [2.75, 3.05) is 14.2 Å². The van der Waals surface area contributed by atoms with E-state index in [1.165, 1.54) is 7.11 Å². The highest BCUT2D eigenvalue weighted by Crippen LogP contribution is 2.22. The molecule has 1 aromatic carbocycles. The molecule has 2 aromatic rings. The first-order valence-electron chi connectivity index (χ1n) is 6.39. The van der Waals surface area contributed by atoms with Crippen molar-refractivity contribution in [1.29, 1.82) is 0 Å². The molecule has 2 rings (SSSR count). The Balaban J connectivity index is 2.47. The van der Waals surface area contributed by atoms with Crippen LogP contribution in [0.2, 0.25) is 0 Å². The van der Waals surface area contributed by atoms with E-state index in [0.717, 1.165) is 17.1 Å². The number of nitrogens with zero attached hydrogens (tertiary/aromatic N) is 2. The second-order valence-electron chi connectivity index (χ2n) is 4.71. The predicted octanol–water partition coefficient (Wildman–Crippen LogP) is 2.79.